The van der Waals surface area contributed by atoms with Gasteiger partial charge in [0.1, 0.15) is 5.82 Å². The van der Waals surface area contributed by atoms with Crippen LogP contribution in [0.5, 0.6) is 0 Å². The van der Waals surface area contributed by atoms with E-state index in [0.717, 1.165) is 34.0 Å². The Kier molecular flexibility index (Phi) is 3.90. The maximum atomic E-state index is 12.4. The van der Waals surface area contributed by atoms with Gasteiger partial charge in [-0.1, -0.05) is 18.2 Å². The normalized spacial score (nSPS) is 16.7. The van der Waals surface area contributed by atoms with Crippen LogP contribution in [0.1, 0.15) is 54.7 Å². The van der Waals surface area contributed by atoms with Crippen molar-refractivity contribution in [2.75, 3.05) is 5.32 Å². The summed E-state index contributed by atoms with van der Waals surface area (Å²) in [7, 11) is 0. The fraction of sp³-hybridized carbons (Fsp3) is 0.350. The van der Waals surface area contributed by atoms with Gasteiger partial charge in [-0.25, -0.2) is 9.36 Å². The van der Waals surface area contributed by atoms with E-state index in [1.165, 1.54) is 0 Å². The van der Waals surface area contributed by atoms with Crippen molar-refractivity contribution in [3.8, 4) is 5.69 Å². The van der Waals surface area contributed by atoms with Crippen LogP contribution >= 0.6 is 0 Å². The maximum Gasteiger partial charge on any atom is 0.226 e. The highest BCUT2D eigenvalue weighted by molar-refractivity contribution is 5.94. The second-order valence-corrected chi connectivity index (χ2v) is 7.12. The van der Waals surface area contributed by atoms with Gasteiger partial charge >= 0.3 is 0 Å². The summed E-state index contributed by atoms with van der Waals surface area (Å²) >= 11 is 0. The zero-order valence-electron chi connectivity index (χ0n) is 15.5. The van der Waals surface area contributed by atoms with Gasteiger partial charge in [0.2, 0.25) is 5.91 Å². The average Bonchev–Trinajstić information content (AvgIpc) is 3.16. The first-order chi connectivity index (χ1) is 12.5. The fourth-order valence-corrected chi connectivity index (χ4v) is 3.87. The van der Waals surface area contributed by atoms with Crippen molar-refractivity contribution in [1.29, 1.82) is 0 Å². The van der Waals surface area contributed by atoms with Crippen molar-refractivity contribution in [1.82, 2.24) is 19.6 Å². The highest BCUT2D eigenvalue weighted by atomic mass is 16.1. The summed E-state index contributed by atoms with van der Waals surface area (Å²) in [4.78, 5) is 12.4. The summed E-state index contributed by atoms with van der Waals surface area (Å²) in [6.07, 6.45) is 2.30. The molecule has 2 aromatic heterocycles. The molecule has 1 aliphatic heterocycles. The monoisotopic (exact) mass is 349 g/mol. The number of benzene rings is 1. The van der Waals surface area contributed by atoms with Crippen LogP contribution in [0, 0.1) is 13.8 Å². The SMILES string of the molecule is Cc1nn(-c2ccccc2)c(C)c1[C@@H]1CC(=O)Nc2c1cnn2C(C)C. The minimum absolute atomic E-state index is 0.0242. The van der Waals surface area contributed by atoms with Gasteiger partial charge < -0.3 is 5.32 Å². The smallest absolute Gasteiger partial charge is 0.226 e. The van der Waals surface area contributed by atoms with Crippen molar-refractivity contribution in [2.45, 2.75) is 46.1 Å². The van der Waals surface area contributed by atoms with Crippen LogP contribution in [0.3, 0.4) is 0 Å². The largest absolute Gasteiger partial charge is 0.311 e. The molecule has 0 radical (unpaired) electrons. The van der Waals surface area contributed by atoms with E-state index in [9.17, 15) is 4.79 Å². The zero-order chi connectivity index (χ0) is 18.4. The Morgan fingerprint density at radius 2 is 1.92 bits per heavy atom. The molecule has 26 heavy (non-hydrogen) atoms. The molecular weight excluding hydrogens is 326 g/mol. The molecule has 6 heteroatoms. The van der Waals surface area contributed by atoms with Crippen LogP contribution in [-0.2, 0) is 4.79 Å². The van der Waals surface area contributed by atoms with Gasteiger partial charge in [0, 0.05) is 35.2 Å². The van der Waals surface area contributed by atoms with E-state index in [4.69, 9.17) is 5.10 Å². The number of anilines is 1. The molecule has 4 rings (SSSR count). The Morgan fingerprint density at radius 3 is 2.62 bits per heavy atom. The summed E-state index contributed by atoms with van der Waals surface area (Å²) in [6.45, 7) is 8.21. The Balaban J connectivity index is 1.85. The van der Waals surface area contributed by atoms with E-state index >= 15 is 0 Å². The predicted octanol–water partition coefficient (Wildman–Crippen LogP) is 3.74. The van der Waals surface area contributed by atoms with Crippen molar-refractivity contribution in [3.05, 3.63) is 59.0 Å². The molecule has 3 aromatic rings. The van der Waals surface area contributed by atoms with Gasteiger partial charge in [0.25, 0.3) is 0 Å². The lowest BCUT2D eigenvalue weighted by Crippen LogP contribution is -2.25. The number of aromatic nitrogens is 4. The highest BCUT2D eigenvalue weighted by Crippen LogP contribution is 2.40. The van der Waals surface area contributed by atoms with Crippen LogP contribution in [0.2, 0.25) is 0 Å². The van der Waals surface area contributed by atoms with Crippen LogP contribution in [0.15, 0.2) is 36.5 Å². The third-order valence-corrected chi connectivity index (χ3v) is 5.03. The van der Waals surface area contributed by atoms with E-state index in [1.54, 1.807) is 0 Å². The zero-order valence-corrected chi connectivity index (χ0v) is 15.5. The molecule has 0 unspecified atom stereocenters. The molecule has 1 aliphatic rings. The molecule has 1 atom stereocenters. The molecule has 0 aliphatic carbocycles. The number of nitrogens with zero attached hydrogens (tertiary/aromatic N) is 4. The number of carbonyl (C=O) groups excluding carboxylic acids is 1. The lowest BCUT2D eigenvalue weighted by Gasteiger charge is -2.24. The first-order valence-electron chi connectivity index (χ1n) is 8.96. The Hall–Kier alpha value is -2.89. The van der Waals surface area contributed by atoms with E-state index in [1.807, 2.05) is 52.8 Å². The third-order valence-electron chi connectivity index (χ3n) is 5.03. The second kappa shape index (κ2) is 6.12. The fourth-order valence-electron chi connectivity index (χ4n) is 3.87. The van der Waals surface area contributed by atoms with E-state index in [0.29, 0.717) is 6.42 Å². The predicted molar refractivity (Wildman–Crippen MR) is 101 cm³/mol. The van der Waals surface area contributed by atoms with Gasteiger partial charge in [-0.05, 0) is 39.8 Å². The van der Waals surface area contributed by atoms with E-state index in [2.05, 4.69) is 31.2 Å². The molecule has 1 aromatic carbocycles. The molecule has 1 amide bonds. The number of hydrogen-bond donors (Lipinski definition) is 1. The molecule has 134 valence electrons. The highest BCUT2D eigenvalue weighted by Gasteiger charge is 2.33. The van der Waals surface area contributed by atoms with E-state index in [-0.39, 0.29) is 17.9 Å². The number of rotatable bonds is 3. The van der Waals surface area contributed by atoms with Gasteiger partial charge in [-0.3, -0.25) is 4.79 Å². The van der Waals surface area contributed by atoms with Crippen molar-refractivity contribution < 1.29 is 4.79 Å². The number of aryl methyl sites for hydroxylation is 1. The minimum Gasteiger partial charge on any atom is -0.311 e. The average molecular weight is 349 g/mol. The molecular formula is C20H23N5O. The quantitative estimate of drug-likeness (QED) is 0.783. The van der Waals surface area contributed by atoms with Gasteiger partial charge in [0.15, 0.2) is 0 Å². The van der Waals surface area contributed by atoms with Crippen molar-refractivity contribution >= 4 is 11.7 Å². The number of amides is 1. The Bertz CT molecular complexity index is 968. The standard InChI is InChI=1S/C20H23N5O/c1-12(2)24-20-17(11-21-24)16(10-18(26)22-20)19-13(3)23-25(14(19)4)15-8-6-5-7-9-15/h5-9,11-12,16H,10H2,1-4H3,(H,22,26)/t16-/m1/s1. The topological polar surface area (TPSA) is 64.7 Å². The number of fused-ring (bicyclic) bond motifs is 1. The lowest BCUT2D eigenvalue weighted by molar-refractivity contribution is -0.116. The molecule has 0 spiro atoms. The minimum atomic E-state index is -0.0243. The van der Waals surface area contributed by atoms with Gasteiger partial charge in [-0.2, -0.15) is 10.2 Å². The second-order valence-electron chi connectivity index (χ2n) is 7.12. The molecule has 1 N–H and O–H groups in total. The molecule has 0 bridgehead atoms. The van der Waals surface area contributed by atoms with Crippen LogP contribution < -0.4 is 5.32 Å². The number of carbonyl (C=O) groups is 1. The third kappa shape index (κ3) is 2.53. The first-order valence-corrected chi connectivity index (χ1v) is 8.96. The van der Waals surface area contributed by atoms with Crippen LogP contribution in [0.4, 0.5) is 5.82 Å². The number of nitrogens with one attached hydrogen (secondary N) is 1. The van der Waals surface area contributed by atoms with Gasteiger partial charge in [-0.15, -0.1) is 0 Å². The first kappa shape index (κ1) is 16.6. The van der Waals surface area contributed by atoms with Crippen LogP contribution in [-0.4, -0.2) is 25.5 Å². The number of hydrogen-bond acceptors (Lipinski definition) is 3. The van der Waals surface area contributed by atoms with Gasteiger partial charge in [0.05, 0.1) is 17.6 Å². The molecule has 0 saturated heterocycles. The molecule has 6 nitrogen and oxygen atoms in total. The summed E-state index contributed by atoms with van der Waals surface area (Å²) < 4.78 is 3.84. The van der Waals surface area contributed by atoms with E-state index < -0.39 is 0 Å². The molecule has 0 saturated carbocycles. The van der Waals surface area contributed by atoms with Crippen LogP contribution in [0.25, 0.3) is 5.69 Å². The summed E-state index contributed by atoms with van der Waals surface area (Å²) in [5.41, 5.74) is 5.23. The maximum absolute atomic E-state index is 12.4. The van der Waals surface area contributed by atoms with Crippen molar-refractivity contribution in [3.63, 3.8) is 0 Å². The summed E-state index contributed by atoms with van der Waals surface area (Å²) in [6, 6.07) is 10.3. The molecule has 3 heterocycles. The number of para-hydroxylation sites is 1. The Morgan fingerprint density at radius 1 is 1.19 bits per heavy atom. The summed E-state index contributed by atoms with van der Waals surface area (Å²) in [5.74, 6) is 0.812. The van der Waals surface area contributed by atoms with Crippen molar-refractivity contribution in [2.24, 2.45) is 0 Å². The summed E-state index contributed by atoms with van der Waals surface area (Å²) in [5, 5.41) is 12.3. The molecule has 0 fully saturated rings. The Labute approximate surface area is 152 Å². The lowest BCUT2D eigenvalue weighted by atomic mass is 9.86.